The van der Waals surface area contributed by atoms with E-state index in [9.17, 15) is 0 Å². The Labute approximate surface area is 88.2 Å². The molecule has 2 unspecified atom stereocenters. The van der Waals surface area contributed by atoms with Crippen molar-refractivity contribution in [2.75, 3.05) is 33.2 Å². The van der Waals surface area contributed by atoms with Crippen LogP contribution >= 0.6 is 0 Å². The van der Waals surface area contributed by atoms with Crippen molar-refractivity contribution in [1.82, 2.24) is 9.80 Å². The molecule has 0 aromatic carbocycles. The lowest BCUT2D eigenvalue weighted by Gasteiger charge is -2.43. The lowest BCUT2D eigenvalue weighted by atomic mass is 10.0. The van der Waals surface area contributed by atoms with Gasteiger partial charge in [-0.25, -0.2) is 0 Å². The molecule has 1 saturated heterocycles. The van der Waals surface area contributed by atoms with E-state index in [-0.39, 0.29) is 0 Å². The van der Waals surface area contributed by atoms with Gasteiger partial charge in [0, 0.05) is 31.7 Å². The second-order valence-electron chi connectivity index (χ2n) is 4.49. The molecule has 14 heavy (non-hydrogen) atoms. The molecule has 0 aromatic heterocycles. The van der Waals surface area contributed by atoms with Crippen LogP contribution in [0.5, 0.6) is 0 Å². The topological polar surface area (TPSA) is 32.5 Å². The van der Waals surface area contributed by atoms with Gasteiger partial charge in [0.1, 0.15) is 0 Å². The van der Waals surface area contributed by atoms with Gasteiger partial charge in [-0.05, 0) is 33.4 Å². The van der Waals surface area contributed by atoms with E-state index >= 15 is 0 Å². The maximum Gasteiger partial charge on any atom is 0.0238 e. The summed E-state index contributed by atoms with van der Waals surface area (Å²) in [6.07, 6.45) is 2.37. The third-order valence-electron chi connectivity index (χ3n) is 3.39. The van der Waals surface area contributed by atoms with Crippen LogP contribution in [0.25, 0.3) is 0 Å². The molecule has 0 aliphatic carbocycles. The van der Waals surface area contributed by atoms with Gasteiger partial charge in [-0.2, -0.15) is 0 Å². The molecule has 1 aliphatic rings. The van der Waals surface area contributed by atoms with Crippen LogP contribution in [0.4, 0.5) is 0 Å². The van der Waals surface area contributed by atoms with E-state index in [0.717, 1.165) is 13.0 Å². The fourth-order valence-electron chi connectivity index (χ4n) is 2.29. The monoisotopic (exact) mass is 199 g/mol. The summed E-state index contributed by atoms with van der Waals surface area (Å²) >= 11 is 0. The second kappa shape index (κ2) is 5.69. The fourth-order valence-corrected chi connectivity index (χ4v) is 2.29. The molecule has 0 amide bonds. The van der Waals surface area contributed by atoms with Crippen LogP contribution in [-0.4, -0.2) is 55.1 Å². The maximum atomic E-state index is 5.66. The summed E-state index contributed by atoms with van der Waals surface area (Å²) in [5.41, 5.74) is 5.66. The molecule has 0 bridgehead atoms. The Morgan fingerprint density at radius 1 is 1.43 bits per heavy atom. The Hall–Kier alpha value is -0.120. The number of piperazine rings is 1. The van der Waals surface area contributed by atoms with Crippen LogP contribution in [0, 0.1) is 0 Å². The van der Waals surface area contributed by atoms with E-state index in [0.29, 0.717) is 12.1 Å². The van der Waals surface area contributed by atoms with E-state index in [1.54, 1.807) is 0 Å². The van der Waals surface area contributed by atoms with Crippen molar-refractivity contribution < 1.29 is 0 Å². The van der Waals surface area contributed by atoms with Gasteiger partial charge in [0.25, 0.3) is 0 Å². The molecular formula is C11H25N3. The van der Waals surface area contributed by atoms with Gasteiger partial charge in [0.05, 0.1) is 0 Å². The van der Waals surface area contributed by atoms with E-state index in [1.807, 2.05) is 0 Å². The normalized spacial score (nSPS) is 27.9. The zero-order valence-electron chi connectivity index (χ0n) is 9.87. The summed E-state index contributed by atoms with van der Waals surface area (Å²) < 4.78 is 0. The van der Waals surface area contributed by atoms with Crippen molar-refractivity contribution in [3.63, 3.8) is 0 Å². The smallest absolute Gasteiger partial charge is 0.0238 e. The zero-order chi connectivity index (χ0) is 10.6. The van der Waals surface area contributed by atoms with Crippen LogP contribution in [0.2, 0.25) is 0 Å². The highest BCUT2D eigenvalue weighted by Gasteiger charge is 2.27. The van der Waals surface area contributed by atoms with E-state index in [2.05, 4.69) is 30.7 Å². The number of nitrogens with zero attached hydrogens (tertiary/aromatic N) is 2. The molecule has 84 valence electrons. The molecule has 2 atom stereocenters. The van der Waals surface area contributed by atoms with Crippen LogP contribution in [-0.2, 0) is 0 Å². The summed E-state index contributed by atoms with van der Waals surface area (Å²) in [7, 11) is 2.21. The predicted octanol–water partition coefficient (Wildman–Crippen LogP) is 0.750. The summed E-state index contributed by atoms with van der Waals surface area (Å²) in [6, 6.07) is 1.38. The first-order chi connectivity index (χ1) is 6.69. The molecule has 1 rings (SSSR count). The first kappa shape index (κ1) is 12.0. The maximum absolute atomic E-state index is 5.66. The standard InChI is InChI=1S/C11H25N3/c1-4-10(2)14-8-7-13(3)9-11(14)5-6-12/h10-11H,4-9,12H2,1-3H3. The average Bonchev–Trinajstić information content (AvgIpc) is 2.17. The molecule has 1 fully saturated rings. The highest BCUT2D eigenvalue weighted by molar-refractivity contribution is 4.83. The van der Waals surface area contributed by atoms with E-state index < -0.39 is 0 Å². The third kappa shape index (κ3) is 2.94. The predicted molar refractivity (Wildman–Crippen MR) is 61.4 cm³/mol. The lowest BCUT2D eigenvalue weighted by Crippen LogP contribution is -2.55. The van der Waals surface area contributed by atoms with Crippen molar-refractivity contribution in [3.05, 3.63) is 0 Å². The molecule has 0 saturated carbocycles. The molecule has 0 spiro atoms. The highest BCUT2D eigenvalue weighted by atomic mass is 15.3. The first-order valence-electron chi connectivity index (χ1n) is 5.83. The Bertz CT molecular complexity index is 161. The highest BCUT2D eigenvalue weighted by Crippen LogP contribution is 2.16. The van der Waals surface area contributed by atoms with Crippen LogP contribution in [0.1, 0.15) is 26.7 Å². The molecule has 3 nitrogen and oxygen atoms in total. The van der Waals surface area contributed by atoms with Crippen molar-refractivity contribution in [2.24, 2.45) is 5.73 Å². The number of likely N-dealkylation sites (N-methyl/N-ethyl adjacent to an activating group) is 1. The number of nitrogens with two attached hydrogens (primary N) is 1. The lowest BCUT2D eigenvalue weighted by molar-refractivity contribution is 0.0535. The molecule has 1 heterocycles. The summed E-state index contributed by atoms with van der Waals surface area (Å²) in [6.45, 7) is 8.99. The Balaban J connectivity index is 2.52. The average molecular weight is 199 g/mol. The number of hydrogen-bond donors (Lipinski definition) is 1. The number of hydrogen-bond acceptors (Lipinski definition) is 3. The summed E-state index contributed by atoms with van der Waals surface area (Å²) in [5, 5.41) is 0. The minimum Gasteiger partial charge on any atom is -0.330 e. The minimum absolute atomic E-state index is 0.675. The largest absolute Gasteiger partial charge is 0.330 e. The minimum atomic E-state index is 0.675. The number of rotatable bonds is 4. The van der Waals surface area contributed by atoms with Crippen LogP contribution in [0.3, 0.4) is 0 Å². The molecule has 0 aromatic rings. The SMILES string of the molecule is CCC(C)N1CCN(C)CC1CCN. The Morgan fingerprint density at radius 2 is 2.14 bits per heavy atom. The quantitative estimate of drug-likeness (QED) is 0.725. The summed E-state index contributed by atoms with van der Waals surface area (Å²) in [5.74, 6) is 0. The van der Waals surface area contributed by atoms with Crippen molar-refractivity contribution >= 4 is 0 Å². The van der Waals surface area contributed by atoms with Crippen LogP contribution < -0.4 is 5.73 Å². The van der Waals surface area contributed by atoms with E-state index in [4.69, 9.17) is 5.73 Å². The fraction of sp³-hybridized carbons (Fsp3) is 1.00. The van der Waals surface area contributed by atoms with Crippen molar-refractivity contribution in [2.45, 2.75) is 38.8 Å². The third-order valence-corrected chi connectivity index (χ3v) is 3.39. The first-order valence-corrected chi connectivity index (χ1v) is 5.83. The molecule has 0 radical (unpaired) electrons. The van der Waals surface area contributed by atoms with Gasteiger partial charge in [0.15, 0.2) is 0 Å². The van der Waals surface area contributed by atoms with Gasteiger partial charge in [-0.15, -0.1) is 0 Å². The van der Waals surface area contributed by atoms with Gasteiger partial charge in [0.2, 0.25) is 0 Å². The summed E-state index contributed by atoms with van der Waals surface area (Å²) in [4.78, 5) is 5.05. The van der Waals surface area contributed by atoms with Crippen molar-refractivity contribution in [1.29, 1.82) is 0 Å². The Kier molecular flexibility index (Phi) is 4.85. The van der Waals surface area contributed by atoms with E-state index in [1.165, 1.54) is 26.1 Å². The van der Waals surface area contributed by atoms with Gasteiger partial charge in [-0.1, -0.05) is 6.92 Å². The zero-order valence-corrected chi connectivity index (χ0v) is 9.87. The molecule has 1 aliphatic heterocycles. The molecule has 2 N–H and O–H groups in total. The molecular weight excluding hydrogens is 174 g/mol. The van der Waals surface area contributed by atoms with Gasteiger partial charge < -0.3 is 10.6 Å². The molecule has 3 heteroatoms. The van der Waals surface area contributed by atoms with Gasteiger partial charge in [-0.3, -0.25) is 4.90 Å². The van der Waals surface area contributed by atoms with Crippen molar-refractivity contribution in [3.8, 4) is 0 Å². The van der Waals surface area contributed by atoms with Gasteiger partial charge >= 0.3 is 0 Å². The van der Waals surface area contributed by atoms with Crippen LogP contribution in [0.15, 0.2) is 0 Å². The second-order valence-corrected chi connectivity index (χ2v) is 4.49. The Morgan fingerprint density at radius 3 is 2.71 bits per heavy atom.